The van der Waals surface area contributed by atoms with Gasteiger partial charge in [0.05, 0.1) is 25.9 Å². The summed E-state index contributed by atoms with van der Waals surface area (Å²) in [6.45, 7) is 2.91. The molecule has 0 amide bonds. The Morgan fingerprint density at radius 2 is 2.12 bits per heavy atom. The Morgan fingerprint density at radius 3 is 2.75 bits per heavy atom. The summed E-state index contributed by atoms with van der Waals surface area (Å²) in [4.78, 5) is 2.12. The second kappa shape index (κ2) is 5.39. The fraction of sp³-hybridized carbons (Fsp3) is 0.500. The lowest BCUT2D eigenvalue weighted by atomic mass is 10.1. The van der Waals surface area contributed by atoms with Gasteiger partial charge in [0, 0.05) is 13.1 Å². The van der Waals surface area contributed by atoms with Crippen molar-refractivity contribution in [3.05, 3.63) is 35.6 Å². The lowest BCUT2D eigenvalue weighted by Crippen LogP contribution is -2.40. The Hall–Kier alpha value is -0.970. The number of halogens is 1. The van der Waals surface area contributed by atoms with Crippen LogP contribution in [-0.4, -0.2) is 42.9 Å². The van der Waals surface area contributed by atoms with Gasteiger partial charge in [0.25, 0.3) is 0 Å². The van der Waals surface area contributed by atoms with Crippen molar-refractivity contribution in [2.45, 2.75) is 6.04 Å². The van der Waals surface area contributed by atoms with Gasteiger partial charge in [-0.25, -0.2) is 4.39 Å². The molecule has 4 heteroatoms. The number of aliphatic hydroxyl groups is 1. The predicted octanol–water partition coefficient (Wildman–Crippen LogP) is 1.19. The van der Waals surface area contributed by atoms with Crippen LogP contribution < -0.4 is 0 Å². The normalized spacial score (nSPS) is 19.6. The molecule has 1 heterocycles. The first kappa shape index (κ1) is 11.5. The van der Waals surface area contributed by atoms with Gasteiger partial charge in [-0.1, -0.05) is 12.1 Å². The summed E-state index contributed by atoms with van der Waals surface area (Å²) in [5, 5.41) is 9.42. The Balaban J connectivity index is 2.14. The van der Waals surface area contributed by atoms with E-state index in [2.05, 4.69) is 4.90 Å². The topological polar surface area (TPSA) is 32.7 Å². The number of nitrogens with zero attached hydrogens (tertiary/aromatic N) is 1. The highest BCUT2D eigenvalue weighted by Gasteiger charge is 2.21. The molecule has 1 fully saturated rings. The molecule has 1 aromatic rings. The summed E-state index contributed by atoms with van der Waals surface area (Å²) in [5.41, 5.74) is 0.824. The molecule has 1 N–H and O–H groups in total. The zero-order chi connectivity index (χ0) is 11.4. The van der Waals surface area contributed by atoms with E-state index < -0.39 is 0 Å². The van der Waals surface area contributed by atoms with Crippen molar-refractivity contribution in [2.75, 3.05) is 32.9 Å². The summed E-state index contributed by atoms with van der Waals surface area (Å²) in [6.07, 6.45) is 0. The minimum absolute atomic E-state index is 0.00343. The minimum Gasteiger partial charge on any atom is -0.394 e. The highest BCUT2D eigenvalue weighted by molar-refractivity contribution is 5.20. The molecule has 0 aromatic heterocycles. The van der Waals surface area contributed by atoms with E-state index in [4.69, 9.17) is 4.74 Å². The van der Waals surface area contributed by atoms with Gasteiger partial charge in [0.1, 0.15) is 5.82 Å². The Bertz CT molecular complexity index is 340. The van der Waals surface area contributed by atoms with Crippen molar-refractivity contribution >= 4 is 0 Å². The van der Waals surface area contributed by atoms with Gasteiger partial charge >= 0.3 is 0 Å². The Labute approximate surface area is 94.4 Å². The van der Waals surface area contributed by atoms with E-state index in [0.29, 0.717) is 13.2 Å². The van der Waals surface area contributed by atoms with Gasteiger partial charge in [-0.3, -0.25) is 4.90 Å². The first-order valence-electron chi connectivity index (χ1n) is 5.49. The van der Waals surface area contributed by atoms with Gasteiger partial charge in [-0.05, 0) is 17.7 Å². The molecule has 0 spiro atoms. The minimum atomic E-state index is -0.260. The summed E-state index contributed by atoms with van der Waals surface area (Å²) in [7, 11) is 0. The monoisotopic (exact) mass is 225 g/mol. The first-order valence-corrected chi connectivity index (χ1v) is 5.49. The fourth-order valence-electron chi connectivity index (χ4n) is 2.03. The molecular weight excluding hydrogens is 209 g/mol. The zero-order valence-corrected chi connectivity index (χ0v) is 9.10. The molecule has 1 atom stereocenters. The van der Waals surface area contributed by atoms with Crippen LogP contribution in [0.3, 0.4) is 0 Å². The molecule has 1 aromatic carbocycles. The average molecular weight is 225 g/mol. The van der Waals surface area contributed by atoms with Crippen molar-refractivity contribution in [3.8, 4) is 0 Å². The Morgan fingerprint density at radius 1 is 1.38 bits per heavy atom. The molecule has 0 unspecified atom stereocenters. The molecule has 1 saturated heterocycles. The summed E-state index contributed by atoms with van der Waals surface area (Å²) in [6, 6.07) is 6.29. The highest BCUT2D eigenvalue weighted by atomic mass is 19.1. The average Bonchev–Trinajstić information content (AvgIpc) is 2.31. The molecule has 16 heavy (non-hydrogen) atoms. The van der Waals surface area contributed by atoms with Crippen molar-refractivity contribution in [3.63, 3.8) is 0 Å². The maximum Gasteiger partial charge on any atom is 0.123 e. The number of morpholine rings is 1. The smallest absolute Gasteiger partial charge is 0.123 e. The number of hydrogen-bond acceptors (Lipinski definition) is 3. The van der Waals surface area contributed by atoms with Crippen LogP contribution >= 0.6 is 0 Å². The van der Waals surface area contributed by atoms with Gasteiger partial charge in [0.15, 0.2) is 0 Å². The number of hydrogen-bond donors (Lipinski definition) is 1. The van der Waals surface area contributed by atoms with E-state index in [1.54, 1.807) is 6.07 Å². The summed E-state index contributed by atoms with van der Waals surface area (Å²) in [5.74, 6) is -0.260. The molecule has 0 saturated carbocycles. The van der Waals surface area contributed by atoms with Gasteiger partial charge in [0.2, 0.25) is 0 Å². The van der Waals surface area contributed by atoms with Gasteiger partial charge < -0.3 is 9.84 Å². The standard InChI is InChI=1S/C12H16FNO2/c13-11-3-1-2-10(8-11)12(9-15)14-4-6-16-7-5-14/h1-3,8,12,15H,4-7,9H2/t12-/m1/s1. The molecule has 0 radical (unpaired) electrons. The third-order valence-electron chi connectivity index (χ3n) is 2.89. The first-order chi connectivity index (χ1) is 7.81. The van der Waals surface area contributed by atoms with Gasteiger partial charge in [-0.15, -0.1) is 0 Å². The third kappa shape index (κ3) is 2.58. The second-order valence-electron chi connectivity index (χ2n) is 3.90. The molecule has 88 valence electrons. The van der Waals surface area contributed by atoms with Crippen LogP contribution in [0, 0.1) is 5.82 Å². The van der Waals surface area contributed by atoms with Crippen LogP contribution in [0.5, 0.6) is 0 Å². The lowest BCUT2D eigenvalue weighted by molar-refractivity contribution is 0.00253. The van der Waals surface area contributed by atoms with Crippen LogP contribution in [0.4, 0.5) is 4.39 Å². The molecule has 2 rings (SSSR count). The fourth-order valence-corrected chi connectivity index (χ4v) is 2.03. The second-order valence-corrected chi connectivity index (χ2v) is 3.90. The summed E-state index contributed by atoms with van der Waals surface area (Å²) >= 11 is 0. The molecule has 3 nitrogen and oxygen atoms in total. The van der Waals surface area contributed by atoms with E-state index in [1.165, 1.54) is 12.1 Å². The highest BCUT2D eigenvalue weighted by Crippen LogP contribution is 2.21. The van der Waals surface area contributed by atoms with Gasteiger partial charge in [-0.2, -0.15) is 0 Å². The number of aliphatic hydroxyl groups excluding tert-OH is 1. The van der Waals surface area contributed by atoms with Crippen LogP contribution in [0.25, 0.3) is 0 Å². The maximum absolute atomic E-state index is 13.1. The van der Waals surface area contributed by atoms with Crippen molar-refractivity contribution in [2.24, 2.45) is 0 Å². The van der Waals surface area contributed by atoms with Crippen LogP contribution in [0.15, 0.2) is 24.3 Å². The number of benzene rings is 1. The molecule has 0 aliphatic carbocycles. The molecular formula is C12H16FNO2. The van der Waals surface area contributed by atoms with E-state index in [0.717, 1.165) is 18.7 Å². The number of ether oxygens (including phenoxy) is 1. The van der Waals surface area contributed by atoms with E-state index in [9.17, 15) is 9.50 Å². The zero-order valence-electron chi connectivity index (χ0n) is 9.10. The van der Waals surface area contributed by atoms with Crippen LogP contribution in [0.2, 0.25) is 0 Å². The van der Waals surface area contributed by atoms with E-state index in [1.807, 2.05) is 6.07 Å². The third-order valence-corrected chi connectivity index (χ3v) is 2.89. The largest absolute Gasteiger partial charge is 0.394 e. The molecule has 0 bridgehead atoms. The predicted molar refractivity (Wildman–Crippen MR) is 58.6 cm³/mol. The van der Waals surface area contributed by atoms with E-state index in [-0.39, 0.29) is 18.5 Å². The van der Waals surface area contributed by atoms with E-state index >= 15 is 0 Å². The number of rotatable bonds is 3. The molecule has 1 aliphatic heterocycles. The SMILES string of the molecule is OC[C@H](c1cccc(F)c1)N1CCOCC1. The summed E-state index contributed by atoms with van der Waals surface area (Å²) < 4.78 is 18.4. The molecule has 1 aliphatic rings. The van der Waals surface area contributed by atoms with Crippen molar-refractivity contribution < 1.29 is 14.2 Å². The van der Waals surface area contributed by atoms with Crippen LogP contribution in [0.1, 0.15) is 11.6 Å². The Kier molecular flexibility index (Phi) is 3.88. The van der Waals surface area contributed by atoms with Crippen LogP contribution in [-0.2, 0) is 4.74 Å². The quantitative estimate of drug-likeness (QED) is 0.838. The maximum atomic E-state index is 13.1. The van der Waals surface area contributed by atoms with Crippen molar-refractivity contribution in [1.82, 2.24) is 4.90 Å². The van der Waals surface area contributed by atoms with Crippen molar-refractivity contribution in [1.29, 1.82) is 0 Å². The lowest BCUT2D eigenvalue weighted by Gasteiger charge is -2.33.